The Kier molecular flexibility index (Phi) is 3.92. The molecular weight excluding hydrogens is 332 g/mol. The van der Waals surface area contributed by atoms with Crippen LogP contribution in [0.3, 0.4) is 0 Å². The third-order valence-corrected chi connectivity index (χ3v) is 4.06. The number of imidazole rings is 1. The average Bonchev–Trinajstić information content (AvgIpc) is 3.02. The average molecular weight is 347 g/mol. The van der Waals surface area contributed by atoms with Crippen LogP contribution in [-0.2, 0) is 4.74 Å². The molecule has 4 rings (SSSR count). The van der Waals surface area contributed by atoms with Gasteiger partial charge in [-0.3, -0.25) is 4.57 Å². The van der Waals surface area contributed by atoms with Gasteiger partial charge in [-0.1, -0.05) is 0 Å². The molecule has 1 aliphatic heterocycles. The molecule has 3 aromatic rings. The van der Waals surface area contributed by atoms with Crippen LogP contribution in [0.1, 0.15) is 25.5 Å². The second-order valence-corrected chi connectivity index (χ2v) is 5.77. The molecule has 7 nitrogen and oxygen atoms in total. The van der Waals surface area contributed by atoms with Gasteiger partial charge in [-0.15, -0.1) is 0 Å². The molecule has 2 N–H and O–H groups in total. The molecule has 0 bridgehead atoms. The number of aromatic hydroxyl groups is 1. The minimum atomic E-state index is -0.777. The second kappa shape index (κ2) is 6.25. The van der Waals surface area contributed by atoms with Gasteiger partial charge in [0.15, 0.2) is 17.0 Å². The van der Waals surface area contributed by atoms with Crippen molar-refractivity contribution in [2.75, 3.05) is 11.9 Å². The van der Waals surface area contributed by atoms with E-state index in [2.05, 4.69) is 20.3 Å². The van der Waals surface area contributed by atoms with Crippen molar-refractivity contribution in [1.82, 2.24) is 19.5 Å². The Morgan fingerprint density at radius 3 is 2.88 bits per heavy atom. The fourth-order valence-corrected chi connectivity index (χ4v) is 2.86. The Balaban J connectivity index is 1.75. The lowest BCUT2D eigenvalue weighted by Crippen LogP contribution is -2.17. The minimum Gasteiger partial charge on any atom is -0.479 e. The number of benzene rings is 1. The van der Waals surface area contributed by atoms with Gasteiger partial charge in [-0.25, -0.2) is 13.8 Å². The van der Waals surface area contributed by atoms with Crippen molar-refractivity contribution in [1.29, 1.82) is 0 Å². The van der Waals surface area contributed by atoms with E-state index in [0.29, 0.717) is 17.8 Å². The maximum atomic E-state index is 13.9. The molecule has 1 saturated heterocycles. The molecule has 0 radical (unpaired) electrons. The van der Waals surface area contributed by atoms with Crippen molar-refractivity contribution in [3.8, 4) is 6.01 Å². The highest BCUT2D eigenvalue weighted by Crippen LogP contribution is 2.30. The van der Waals surface area contributed by atoms with Crippen molar-refractivity contribution in [2.45, 2.75) is 25.5 Å². The number of rotatable bonds is 3. The van der Waals surface area contributed by atoms with E-state index in [9.17, 15) is 13.9 Å². The van der Waals surface area contributed by atoms with Crippen LogP contribution in [0.25, 0.3) is 11.2 Å². The normalized spacial score (nSPS) is 17.8. The van der Waals surface area contributed by atoms with Crippen molar-refractivity contribution in [2.24, 2.45) is 0 Å². The number of nitrogens with zero attached hydrogens (tertiary/aromatic N) is 4. The number of hydrogen-bond donors (Lipinski definition) is 2. The number of hydrogen-bond acceptors (Lipinski definition) is 6. The number of nitrogens with one attached hydrogen (secondary N) is 1. The zero-order chi connectivity index (χ0) is 17.4. The van der Waals surface area contributed by atoms with Gasteiger partial charge in [0.2, 0.25) is 0 Å². The predicted molar refractivity (Wildman–Crippen MR) is 85.5 cm³/mol. The van der Waals surface area contributed by atoms with Crippen LogP contribution < -0.4 is 5.32 Å². The molecule has 0 saturated carbocycles. The Bertz CT molecular complexity index is 924. The first kappa shape index (κ1) is 15.7. The standard InChI is InChI=1S/C16H15F2N5O2/c17-9-4-5-11(10(18)7-9)20-14-13-15(22-16(24)21-14)23(8-19-13)12-3-1-2-6-25-12/h4-5,7-8,12H,1-3,6H2,(H2,20,21,22,24). The molecule has 9 heteroatoms. The summed E-state index contributed by atoms with van der Waals surface area (Å²) in [5.41, 5.74) is 0.754. The molecule has 0 aliphatic carbocycles. The van der Waals surface area contributed by atoms with Gasteiger partial charge in [0.05, 0.1) is 12.0 Å². The molecular formula is C16H15F2N5O2. The van der Waals surface area contributed by atoms with E-state index in [1.807, 2.05) is 0 Å². The Morgan fingerprint density at radius 2 is 2.12 bits per heavy atom. The third kappa shape index (κ3) is 2.98. The summed E-state index contributed by atoms with van der Waals surface area (Å²) in [6.45, 7) is 0.646. The summed E-state index contributed by atoms with van der Waals surface area (Å²) < 4.78 is 34.4. The van der Waals surface area contributed by atoms with E-state index < -0.39 is 17.6 Å². The molecule has 1 fully saturated rings. The maximum absolute atomic E-state index is 13.9. The summed E-state index contributed by atoms with van der Waals surface area (Å²) in [4.78, 5) is 12.2. The zero-order valence-corrected chi connectivity index (χ0v) is 13.1. The molecule has 1 unspecified atom stereocenters. The highest BCUT2D eigenvalue weighted by Gasteiger charge is 2.21. The van der Waals surface area contributed by atoms with Gasteiger partial charge in [0.1, 0.15) is 17.9 Å². The number of aromatic nitrogens is 4. The molecule has 0 amide bonds. The fourth-order valence-electron chi connectivity index (χ4n) is 2.86. The summed E-state index contributed by atoms with van der Waals surface area (Å²) >= 11 is 0. The SMILES string of the molecule is Oc1nc(Nc2ccc(F)cc2F)c2ncn(C3CCCCO3)c2n1. The van der Waals surface area contributed by atoms with Gasteiger partial charge in [0, 0.05) is 12.7 Å². The van der Waals surface area contributed by atoms with Gasteiger partial charge < -0.3 is 15.2 Å². The van der Waals surface area contributed by atoms with Crippen molar-refractivity contribution in [3.63, 3.8) is 0 Å². The number of fused-ring (bicyclic) bond motifs is 1. The first-order chi connectivity index (χ1) is 12.1. The fraction of sp³-hybridized carbons (Fsp3) is 0.312. The monoisotopic (exact) mass is 347 g/mol. The Hall–Kier alpha value is -2.81. The smallest absolute Gasteiger partial charge is 0.318 e. The summed E-state index contributed by atoms with van der Waals surface area (Å²) in [7, 11) is 0. The van der Waals surface area contributed by atoms with Crippen LogP contribution in [-0.4, -0.2) is 31.2 Å². The summed E-state index contributed by atoms with van der Waals surface area (Å²) in [6.07, 6.45) is 4.17. The van der Waals surface area contributed by atoms with Crippen LogP contribution in [0.2, 0.25) is 0 Å². The van der Waals surface area contributed by atoms with Crippen molar-refractivity contribution >= 4 is 22.7 Å². The molecule has 3 heterocycles. The van der Waals surface area contributed by atoms with E-state index in [1.165, 1.54) is 6.07 Å². The molecule has 0 spiro atoms. The van der Waals surface area contributed by atoms with Crippen molar-refractivity contribution in [3.05, 3.63) is 36.2 Å². The van der Waals surface area contributed by atoms with Crippen LogP contribution in [0.5, 0.6) is 6.01 Å². The van der Waals surface area contributed by atoms with Gasteiger partial charge in [0.25, 0.3) is 0 Å². The first-order valence-corrected chi connectivity index (χ1v) is 7.89. The lowest BCUT2D eigenvalue weighted by Gasteiger charge is -2.23. The first-order valence-electron chi connectivity index (χ1n) is 7.89. The molecule has 1 atom stereocenters. The van der Waals surface area contributed by atoms with E-state index in [1.54, 1.807) is 10.9 Å². The quantitative estimate of drug-likeness (QED) is 0.756. The lowest BCUT2D eigenvalue weighted by molar-refractivity contribution is -0.0298. The zero-order valence-electron chi connectivity index (χ0n) is 13.1. The second-order valence-electron chi connectivity index (χ2n) is 5.77. The topological polar surface area (TPSA) is 85.1 Å². The summed E-state index contributed by atoms with van der Waals surface area (Å²) in [5.74, 6) is -1.33. The predicted octanol–water partition coefficient (Wildman–Crippen LogP) is 3.25. The maximum Gasteiger partial charge on any atom is 0.318 e. The molecule has 1 aromatic carbocycles. The highest BCUT2D eigenvalue weighted by atomic mass is 19.1. The third-order valence-electron chi connectivity index (χ3n) is 4.06. The number of halogens is 2. The Labute approximate surface area is 141 Å². The highest BCUT2D eigenvalue weighted by molar-refractivity contribution is 5.85. The van der Waals surface area contributed by atoms with Gasteiger partial charge in [-0.2, -0.15) is 9.97 Å². The van der Waals surface area contributed by atoms with Crippen LogP contribution in [0, 0.1) is 11.6 Å². The van der Waals surface area contributed by atoms with E-state index >= 15 is 0 Å². The number of anilines is 2. The minimum absolute atomic E-state index is 0.0178. The lowest BCUT2D eigenvalue weighted by atomic mass is 10.2. The van der Waals surface area contributed by atoms with E-state index in [4.69, 9.17) is 4.74 Å². The molecule has 130 valence electrons. The molecule has 1 aliphatic rings. The summed E-state index contributed by atoms with van der Waals surface area (Å²) in [6, 6.07) is 2.65. The van der Waals surface area contributed by atoms with Crippen molar-refractivity contribution < 1.29 is 18.6 Å². The number of ether oxygens (including phenoxy) is 1. The van der Waals surface area contributed by atoms with E-state index in [-0.39, 0.29) is 17.7 Å². The molecule has 2 aromatic heterocycles. The van der Waals surface area contributed by atoms with Crippen LogP contribution in [0.4, 0.5) is 20.3 Å². The van der Waals surface area contributed by atoms with E-state index in [0.717, 1.165) is 31.4 Å². The Morgan fingerprint density at radius 1 is 1.24 bits per heavy atom. The molecule has 25 heavy (non-hydrogen) atoms. The van der Waals surface area contributed by atoms with Crippen LogP contribution >= 0.6 is 0 Å². The largest absolute Gasteiger partial charge is 0.479 e. The summed E-state index contributed by atoms with van der Waals surface area (Å²) in [5, 5.41) is 12.6. The van der Waals surface area contributed by atoms with Gasteiger partial charge >= 0.3 is 6.01 Å². The van der Waals surface area contributed by atoms with Crippen LogP contribution in [0.15, 0.2) is 24.5 Å². The van der Waals surface area contributed by atoms with Gasteiger partial charge in [-0.05, 0) is 31.4 Å².